The van der Waals surface area contributed by atoms with Crippen molar-refractivity contribution in [2.75, 3.05) is 43.3 Å². The number of methoxy groups -OCH3 is 2. The lowest BCUT2D eigenvalue weighted by Crippen LogP contribution is -2.21. The van der Waals surface area contributed by atoms with E-state index in [0.717, 1.165) is 37.3 Å². The first kappa shape index (κ1) is 17.0. The first-order chi connectivity index (χ1) is 12.1. The van der Waals surface area contributed by atoms with Crippen LogP contribution in [0, 0.1) is 0 Å². The maximum atomic E-state index is 12.7. The summed E-state index contributed by atoms with van der Waals surface area (Å²) in [7, 11) is 3.11. The highest BCUT2D eigenvalue weighted by Crippen LogP contribution is 2.32. The molecule has 0 spiro atoms. The molecule has 1 fully saturated rings. The molecule has 0 unspecified atom stereocenters. The fourth-order valence-corrected chi connectivity index (χ4v) is 3.06. The zero-order chi connectivity index (χ0) is 17.8. The second kappa shape index (κ2) is 7.34. The Kier molecular flexibility index (Phi) is 4.97. The lowest BCUT2D eigenvalue weighted by Gasteiger charge is -2.22. The van der Waals surface area contributed by atoms with Crippen LogP contribution >= 0.6 is 0 Å². The van der Waals surface area contributed by atoms with Gasteiger partial charge < -0.3 is 25.4 Å². The van der Waals surface area contributed by atoms with E-state index in [-0.39, 0.29) is 5.91 Å². The van der Waals surface area contributed by atoms with E-state index in [0.29, 0.717) is 22.7 Å². The van der Waals surface area contributed by atoms with Crippen LogP contribution in [-0.2, 0) is 0 Å². The normalized spacial score (nSPS) is 13.6. The van der Waals surface area contributed by atoms with Crippen molar-refractivity contribution < 1.29 is 14.3 Å². The molecule has 1 aliphatic heterocycles. The van der Waals surface area contributed by atoms with E-state index in [2.05, 4.69) is 10.2 Å². The molecule has 0 radical (unpaired) electrons. The molecule has 132 valence electrons. The number of ether oxygens (including phenoxy) is 2. The Bertz CT molecular complexity index is 771. The minimum absolute atomic E-state index is 0.216. The quantitative estimate of drug-likeness (QED) is 0.817. The largest absolute Gasteiger partial charge is 0.493 e. The highest BCUT2D eigenvalue weighted by molar-refractivity contribution is 6.06. The maximum absolute atomic E-state index is 12.7. The van der Waals surface area contributed by atoms with E-state index in [9.17, 15) is 4.79 Å². The van der Waals surface area contributed by atoms with Gasteiger partial charge in [0.25, 0.3) is 5.91 Å². The number of carbonyl (C=O) groups is 1. The molecule has 1 aliphatic rings. The second-order valence-corrected chi connectivity index (χ2v) is 5.99. The molecule has 0 saturated carbocycles. The van der Waals surface area contributed by atoms with E-state index < -0.39 is 0 Å². The first-order valence-corrected chi connectivity index (χ1v) is 8.30. The van der Waals surface area contributed by atoms with Crippen LogP contribution in [0.25, 0.3) is 0 Å². The molecule has 0 atom stereocenters. The summed E-state index contributed by atoms with van der Waals surface area (Å²) >= 11 is 0. The van der Waals surface area contributed by atoms with E-state index >= 15 is 0 Å². The fraction of sp³-hybridized carbons (Fsp3) is 0.316. The summed E-state index contributed by atoms with van der Waals surface area (Å²) in [6, 6.07) is 10.7. The third kappa shape index (κ3) is 3.63. The summed E-state index contributed by atoms with van der Waals surface area (Å²) in [5, 5.41) is 2.98. The molecule has 25 heavy (non-hydrogen) atoms. The van der Waals surface area contributed by atoms with Gasteiger partial charge in [0.15, 0.2) is 11.5 Å². The number of carbonyl (C=O) groups excluding carboxylic acids is 1. The standard InChI is InChI=1S/C19H23N3O3/c1-24-17-8-5-13(11-18(17)25-2)19(23)21-15-12-14(20)6-7-16(15)22-9-3-4-10-22/h5-8,11-12H,3-4,9-10,20H2,1-2H3,(H,21,23). The third-order valence-corrected chi connectivity index (χ3v) is 4.36. The van der Waals surface area contributed by atoms with Crippen molar-refractivity contribution in [3.05, 3.63) is 42.0 Å². The van der Waals surface area contributed by atoms with Gasteiger partial charge in [0.05, 0.1) is 25.6 Å². The van der Waals surface area contributed by atoms with Gasteiger partial charge in [-0.3, -0.25) is 4.79 Å². The Morgan fingerprint density at radius 2 is 1.76 bits per heavy atom. The fourth-order valence-electron chi connectivity index (χ4n) is 3.06. The van der Waals surface area contributed by atoms with Gasteiger partial charge in [-0.25, -0.2) is 0 Å². The van der Waals surface area contributed by atoms with Crippen molar-refractivity contribution in [2.45, 2.75) is 12.8 Å². The molecule has 0 aromatic heterocycles. The van der Waals surface area contributed by atoms with Crippen molar-refractivity contribution in [1.29, 1.82) is 0 Å². The average molecular weight is 341 g/mol. The van der Waals surface area contributed by atoms with Crippen molar-refractivity contribution in [3.8, 4) is 11.5 Å². The highest BCUT2D eigenvalue weighted by atomic mass is 16.5. The van der Waals surface area contributed by atoms with Gasteiger partial charge in [-0.1, -0.05) is 0 Å². The number of hydrogen-bond acceptors (Lipinski definition) is 5. The summed E-state index contributed by atoms with van der Waals surface area (Å²) in [4.78, 5) is 15.0. The monoisotopic (exact) mass is 341 g/mol. The van der Waals surface area contributed by atoms with Crippen LogP contribution in [0.4, 0.5) is 17.1 Å². The smallest absolute Gasteiger partial charge is 0.255 e. The van der Waals surface area contributed by atoms with E-state index in [1.54, 1.807) is 38.5 Å². The molecule has 6 nitrogen and oxygen atoms in total. The van der Waals surface area contributed by atoms with Crippen molar-refractivity contribution in [2.24, 2.45) is 0 Å². The topological polar surface area (TPSA) is 76.8 Å². The Morgan fingerprint density at radius 3 is 2.44 bits per heavy atom. The van der Waals surface area contributed by atoms with Crippen molar-refractivity contribution >= 4 is 23.0 Å². The molecule has 1 heterocycles. The summed E-state index contributed by atoms with van der Waals surface area (Å²) in [6.45, 7) is 1.98. The Balaban J connectivity index is 1.86. The van der Waals surface area contributed by atoms with Gasteiger partial charge in [-0.15, -0.1) is 0 Å². The lowest BCUT2D eigenvalue weighted by molar-refractivity contribution is 0.102. The van der Waals surface area contributed by atoms with E-state index in [1.165, 1.54) is 0 Å². The van der Waals surface area contributed by atoms with Crippen LogP contribution in [0.2, 0.25) is 0 Å². The second-order valence-electron chi connectivity index (χ2n) is 5.99. The van der Waals surface area contributed by atoms with Crippen LogP contribution in [0.5, 0.6) is 11.5 Å². The Hall–Kier alpha value is -2.89. The van der Waals surface area contributed by atoms with Crippen molar-refractivity contribution in [1.82, 2.24) is 0 Å². The summed E-state index contributed by atoms with van der Waals surface area (Å²) < 4.78 is 10.5. The zero-order valence-corrected chi connectivity index (χ0v) is 14.5. The molecule has 2 aromatic rings. The summed E-state index contributed by atoms with van der Waals surface area (Å²) in [6.07, 6.45) is 2.32. The van der Waals surface area contributed by atoms with Crippen LogP contribution in [0.3, 0.4) is 0 Å². The number of anilines is 3. The number of benzene rings is 2. The molecule has 2 aromatic carbocycles. The SMILES string of the molecule is COc1ccc(C(=O)Nc2cc(N)ccc2N2CCCC2)cc1OC. The Morgan fingerprint density at radius 1 is 1.04 bits per heavy atom. The predicted octanol–water partition coefficient (Wildman–Crippen LogP) is 3.14. The third-order valence-electron chi connectivity index (χ3n) is 4.36. The van der Waals surface area contributed by atoms with Gasteiger partial charge in [-0.05, 0) is 49.2 Å². The van der Waals surface area contributed by atoms with Gasteiger partial charge in [0.2, 0.25) is 0 Å². The number of nitrogens with one attached hydrogen (secondary N) is 1. The average Bonchev–Trinajstić information content (AvgIpc) is 3.15. The van der Waals surface area contributed by atoms with Gasteiger partial charge in [0.1, 0.15) is 0 Å². The molecule has 0 bridgehead atoms. The van der Waals surface area contributed by atoms with Gasteiger partial charge in [0, 0.05) is 24.3 Å². The minimum Gasteiger partial charge on any atom is -0.493 e. The number of amides is 1. The number of nitrogens with zero attached hydrogens (tertiary/aromatic N) is 1. The minimum atomic E-state index is -0.216. The number of nitrogen functional groups attached to an aromatic ring is 1. The molecule has 0 aliphatic carbocycles. The number of hydrogen-bond donors (Lipinski definition) is 2. The van der Waals surface area contributed by atoms with Gasteiger partial charge >= 0.3 is 0 Å². The number of rotatable bonds is 5. The van der Waals surface area contributed by atoms with E-state index in [1.807, 2.05) is 12.1 Å². The molecule has 3 N–H and O–H groups in total. The molecule has 1 amide bonds. The lowest BCUT2D eigenvalue weighted by atomic mass is 10.1. The molecule has 3 rings (SSSR count). The Labute approximate surface area is 147 Å². The predicted molar refractivity (Wildman–Crippen MR) is 99.8 cm³/mol. The van der Waals surface area contributed by atoms with Crippen LogP contribution < -0.4 is 25.4 Å². The summed E-state index contributed by atoms with van der Waals surface area (Å²) in [5.74, 6) is 0.884. The van der Waals surface area contributed by atoms with Crippen molar-refractivity contribution in [3.63, 3.8) is 0 Å². The van der Waals surface area contributed by atoms with Crippen LogP contribution in [0.15, 0.2) is 36.4 Å². The molecule has 6 heteroatoms. The van der Waals surface area contributed by atoms with Crippen LogP contribution in [-0.4, -0.2) is 33.2 Å². The molecule has 1 saturated heterocycles. The van der Waals surface area contributed by atoms with E-state index in [4.69, 9.17) is 15.2 Å². The maximum Gasteiger partial charge on any atom is 0.255 e. The van der Waals surface area contributed by atoms with Gasteiger partial charge in [-0.2, -0.15) is 0 Å². The first-order valence-electron chi connectivity index (χ1n) is 8.30. The zero-order valence-electron chi connectivity index (χ0n) is 14.5. The summed E-state index contributed by atoms with van der Waals surface area (Å²) in [5.41, 5.74) is 8.75. The highest BCUT2D eigenvalue weighted by Gasteiger charge is 2.18. The number of nitrogens with two attached hydrogens (primary N) is 1. The van der Waals surface area contributed by atoms with Crippen LogP contribution in [0.1, 0.15) is 23.2 Å². The molecular weight excluding hydrogens is 318 g/mol. The molecular formula is C19H23N3O3.